The van der Waals surface area contributed by atoms with E-state index in [1.54, 1.807) is 19.2 Å². The van der Waals surface area contributed by atoms with Gasteiger partial charge >= 0.3 is 0 Å². The number of para-hydroxylation sites is 1. The molecule has 1 saturated heterocycles. The number of amides is 2. The number of nitrogens with one attached hydrogen (secondary N) is 1. The molecule has 5 aromatic rings. The molecule has 0 radical (unpaired) electrons. The smallest absolute Gasteiger partial charge is 0.264 e. The van der Waals surface area contributed by atoms with Crippen LogP contribution in [0.2, 0.25) is 18.6 Å². The Balaban J connectivity index is 1.21. The Bertz CT molecular complexity index is 2050. The molecule has 2 aliphatic heterocycles. The van der Waals surface area contributed by atoms with Crippen LogP contribution in [0.3, 0.4) is 0 Å². The molecule has 2 amide bonds. The Morgan fingerprint density at radius 3 is 2.50 bits per heavy atom. The number of anilines is 2. The fraction of sp³-hybridized carbons (Fsp3) is 0.317. The van der Waals surface area contributed by atoms with Crippen molar-refractivity contribution in [2.75, 3.05) is 23.9 Å². The van der Waals surface area contributed by atoms with E-state index in [2.05, 4.69) is 47.8 Å². The predicted octanol–water partition coefficient (Wildman–Crippen LogP) is 5.93. The third kappa shape index (κ3) is 6.44. The molecule has 0 saturated carbocycles. The van der Waals surface area contributed by atoms with Crippen LogP contribution in [0, 0.1) is 5.92 Å². The summed E-state index contributed by atoms with van der Waals surface area (Å²) in [6.07, 6.45) is 2.73. The van der Waals surface area contributed by atoms with Crippen LogP contribution < -0.4 is 20.1 Å². The second kappa shape index (κ2) is 14.5. The number of hydrogen-bond acceptors (Lipinski definition) is 7. The summed E-state index contributed by atoms with van der Waals surface area (Å²) in [6.45, 7) is 7.84. The lowest BCUT2D eigenvalue weighted by molar-refractivity contribution is -0.146. The largest absolute Gasteiger partial charge is 0.497 e. The first-order valence-corrected chi connectivity index (χ1v) is 20.9. The molecule has 4 aromatic carbocycles. The van der Waals surface area contributed by atoms with Gasteiger partial charge in [0.15, 0.2) is 5.60 Å². The molecule has 0 aliphatic carbocycles. The highest BCUT2D eigenvalue weighted by atomic mass is 28.3. The van der Waals surface area contributed by atoms with E-state index < -0.39 is 13.7 Å². The van der Waals surface area contributed by atoms with Gasteiger partial charge in [0.05, 0.1) is 39.2 Å². The van der Waals surface area contributed by atoms with E-state index in [1.165, 1.54) is 5.19 Å². The van der Waals surface area contributed by atoms with Gasteiger partial charge in [0.2, 0.25) is 0 Å². The highest BCUT2D eigenvalue weighted by Gasteiger charge is 2.66. The van der Waals surface area contributed by atoms with Gasteiger partial charge in [-0.05, 0) is 60.0 Å². The van der Waals surface area contributed by atoms with Crippen LogP contribution in [0.5, 0.6) is 5.75 Å². The van der Waals surface area contributed by atoms with Gasteiger partial charge < -0.3 is 24.8 Å². The fourth-order valence-electron chi connectivity index (χ4n) is 8.35. The van der Waals surface area contributed by atoms with Crippen LogP contribution in [0.4, 0.5) is 11.4 Å². The molecule has 0 bridgehead atoms. The number of carbonyl (C=O) groups excluding carboxylic acids is 2. The maximum atomic E-state index is 15.1. The molecule has 268 valence electrons. The second-order valence-corrected chi connectivity index (χ2v) is 19.0. The van der Waals surface area contributed by atoms with Crippen LogP contribution in [0.15, 0.2) is 109 Å². The molecule has 4 atom stereocenters. The van der Waals surface area contributed by atoms with Crippen LogP contribution in [0.1, 0.15) is 40.5 Å². The lowest BCUT2D eigenvalue weighted by Crippen LogP contribution is -2.51. The van der Waals surface area contributed by atoms with Crippen LogP contribution in [-0.2, 0) is 34.6 Å². The van der Waals surface area contributed by atoms with Crippen LogP contribution >= 0.6 is 0 Å². The number of benzene rings is 4. The first-order valence-electron chi connectivity index (χ1n) is 17.8. The average molecular weight is 716 g/mol. The minimum absolute atomic E-state index is 0.0127. The summed E-state index contributed by atoms with van der Waals surface area (Å²) in [5, 5.41) is 22.2. The van der Waals surface area contributed by atoms with Crippen molar-refractivity contribution in [3.63, 3.8) is 0 Å². The fourth-order valence-corrected chi connectivity index (χ4v) is 12.4. The molecule has 1 fully saturated rings. The van der Waals surface area contributed by atoms with Crippen molar-refractivity contribution >= 4 is 36.4 Å². The molecular formula is C41H45N5O5Si. The lowest BCUT2D eigenvalue weighted by Gasteiger charge is -2.37. The number of carbonyl (C=O) groups is 2. The van der Waals surface area contributed by atoms with E-state index in [0.29, 0.717) is 37.2 Å². The van der Waals surface area contributed by atoms with Crippen molar-refractivity contribution in [1.29, 1.82) is 0 Å². The van der Waals surface area contributed by atoms with Crippen molar-refractivity contribution in [2.24, 2.45) is 5.92 Å². The minimum Gasteiger partial charge on any atom is -0.497 e. The molecule has 10 nitrogen and oxygen atoms in total. The molecule has 7 rings (SSSR count). The maximum Gasteiger partial charge on any atom is 0.264 e. The summed E-state index contributed by atoms with van der Waals surface area (Å²) in [5.74, 6) is 0.403. The van der Waals surface area contributed by atoms with E-state index in [1.807, 2.05) is 94.6 Å². The molecular weight excluding hydrogens is 671 g/mol. The molecule has 11 heteroatoms. The van der Waals surface area contributed by atoms with Crippen molar-refractivity contribution in [1.82, 2.24) is 15.0 Å². The van der Waals surface area contributed by atoms with E-state index >= 15 is 4.79 Å². The summed E-state index contributed by atoms with van der Waals surface area (Å²) >= 11 is 0. The number of fused-ring (bicyclic) bond motifs is 2. The topological polar surface area (TPSA) is 119 Å². The summed E-state index contributed by atoms with van der Waals surface area (Å²) in [5.41, 5.74) is 3.50. The quantitative estimate of drug-likeness (QED) is 0.154. The zero-order chi connectivity index (χ0) is 36.5. The number of aliphatic hydroxyl groups excluding tert-OH is 1. The van der Waals surface area contributed by atoms with E-state index in [4.69, 9.17) is 9.47 Å². The SMILES string of the molecule is COc1ccc([Si](C)(C)[C@@H]2[C@@H](CCn3cc(CCO)nn3)O[C@]3(C(=O)N(Cc4cccc(NC(=O)c5ccccc5)c4)c4ccccc43)[C@H]2C)cc1. The monoisotopic (exact) mass is 715 g/mol. The van der Waals surface area contributed by atoms with E-state index in [9.17, 15) is 9.90 Å². The van der Waals surface area contributed by atoms with Crippen LogP contribution in [-0.4, -0.2) is 59.8 Å². The highest BCUT2D eigenvalue weighted by molar-refractivity contribution is 6.91. The Morgan fingerprint density at radius 2 is 1.75 bits per heavy atom. The zero-order valence-corrected chi connectivity index (χ0v) is 31.0. The van der Waals surface area contributed by atoms with Crippen molar-refractivity contribution in [2.45, 2.75) is 63.2 Å². The number of nitrogens with zero attached hydrogens (tertiary/aromatic N) is 4. The Hall–Kier alpha value is -5.10. The van der Waals surface area contributed by atoms with E-state index in [-0.39, 0.29) is 36.0 Å². The van der Waals surface area contributed by atoms with Gasteiger partial charge in [-0.15, -0.1) is 5.10 Å². The maximum absolute atomic E-state index is 15.1. The molecule has 1 aromatic heterocycles. The molecule has 1 spiro atoms. The number of hydrogen-bond donors (Lipinski definition) is 2. The number of rotatable bonds is 12. The van der Waals surface area contributed by atoms with Gasteiger partial charge in [-0.1, -0.05) is 91.1 Å². The Morgan fingerprint density at radius 1 is 1.00 bits per heavy atom. The van der Waals surface area contributed by atoms with Crippen molar-refractivity contribution in [3.8, 4) is 5.75 Å². The predicted molar refractivity (Wildman–Crippen MR) is 203 cm³/mol. The summed E-state index contributed by atoms with van der Waals surface area (Å²) in [6, 6.07) is 33.1. The lowest BCUT2D eigenvalue weighted by atomic mass is 9.82. The minimum atomic E-state index is -2.32. The summed E-state index contributed by atoms with van der Waals surface area (Å²) in [4.78, 5) is 29.9. The molecule has 2 N–H and O–H groups in total. The van der Waals surface area contributed by atoms with E-state index in [0.717, 1.165) is 28.3 Å². The van der Waals surface area contributed by atoms with Gasteiger partial charge in [-0.25, -0.2) is 0 Å². The van der Waals surface area contributed by atoms with Crippen LogP contribution in [0.25, 0.3) is 0 Å². The zero-order valence-electron chi connectivity index (χ0n) is 30.0. The number of aryl methyl sites for hydroxylation is 1. The molecule has 3 heterocycles. The average Bonchev–Trinajstić information content (AvgIpc) is 3.81. The van der Waals surface area contributed by atoms with Gasteiger partial charge in [0.1, 0.15) is 5.75 Å². The van der Waals surface area contributed by atoms with Gasteiger partial charge in [-0.3, -0.25) is 14.3 Å². The second-order valence-electron chi connectivity index (χ2n) is 14.3. The van der Waals surface area contributed by atoms with Gasteiger partial charge in [0.25, 0.3) is 11.8 Å². The van der Waals surface area contributed by atoms with Crippen molar-refractivity contribution < 1.29 is 24.2 Å². The standard InChI is InChI=1S/C41H45N5O5Si/c1-28-38(52(3,4)34-19-17-33(50-2)18-20-34)37(21-23-45-27-32(22-24-47)43-44-45)51-41(28)35-15-8-9-16-36(35)46(40(41)49)26-29-11-10-14-31(25-29)42-39(48)30-12-6-5-7-13-30/h5-20,25,27-28,37-38,47H,21-24,26H2,1-4H3,(H,42,48)/t28-,37+,38-,41+/m0/s1. The summed E-state index contributed by atoms with van der Waals surface area (Å²) in [7, 11) is -0.643. The number of methoxy groups -OCH3 is 1. The van der Waals surface area contributed by atoms with Gasteiger partial charge in [-0.2, -0.15) is 0 Å². The first-order chi connectivity index (χ1) is 25.1. The first kappa shape index (κ1) is 35.3. The molecule has 2 aliphatic rings. The molecule has 0 unspecified atom stereocenters. The third-order valence-corrected chi connectivity index (χ3v) is 15.3. The Labute approximate surface area is 305 Å². The number of aromatic nitrogens is 3. The highest BCUT2D eigenvalue weighted by Crippen LogP contribution is 2.60. The van der Waals surface area contributed by atoms with Gasteiger partial charge in [0, 0.05) is 48.5 Å². The van der Waals surface area contributed by atoms with Crippen molar-refractivity contribution in [3.05, 3.63) is 132 Å². The molecule has 52 heavy (non-hydrogen) atoms. The third-order valence-electron chi connectivity index (χ3n) is 10.9. The number of ether oxygens (including phenoxy) is 2. The Kier molecular flexibility index (Phi) is 9.84. The normalized spacial score (nSPS) is 21.1. The number of aliphatic hydroxyl groups is 1. The summed E-state index contributed by atoms with van der Waals surface area (Å²) < 4.78 is 14.5.